The Morgan fingerprint density at radius 1 is 1.29 bits per heavy atom. The Kier molecular flexibility index (Phi) is 6.88. The zero-order valence-corrected chi connectivity index (χ0v) is 11.2. The van der Waals surface area contributed by atoms with Crippen molar-refractivity contribution in [3.05, 3.63) is 0 Å². The second kappa shape index (κ2) is 6.73. The van der Waals surface area contributed by atoms with Crippen molar-refractivity contribution in [1.82, 2.24) is 0 Å². The molecule has 0 aromatic rings. The summed E-state index contributed by atoms with van der Waals surface area (Å²) in [6.07, 6.45) is 2.75. The van der Waals surface area contributed by atoms with Crippen molar-refractivity contribution in [1.29, 1.82) is 0 Å². The van der Waals surface area contributed by atoms with Gasteiger partial charge in [-0.15, -0.1) is 0 Å². The van der Waals surface area contributed by atoms with Crippen LogP contribution in [0.3, 0.4) is 0 Å². The zero-order valence-electron chi connectivity index (χ0n) is 10.3. The maximum atomic E-state index is 5.81. The molecule has 0 aliphatic carbocycles. The van der Waals surface area contributed by atoms with Gasteiger partial charge in [-0.3, -0.25) is 0 Å². The fourth-order valence-corrected chi connectivity index (χ4v) is 2.00. The van der Waals surface area contributed by atoms with Gasteiger partial charge in [0.1, 0.15) is 0 Å². The van der Waals surface area contributed by atoms with Crippen molar-refractivity contribution < 1.29 is 4.74 Å². The first-order valence-electron chi connectivity index (χ1n) is 5.64. The molecule has 2 heteroatoms. The fraction of sp³-hybridized carbons (Fsp3) is 1.00. The van der Waals surface area contributed by atoms with Crippen molar-refractivity contribution in [2.75, 3.05) is 12.4 Å². The number of hydrogen-bond donors (Lipinski definition) is 1. The summed E-state index contributed by atoms with van der Waals surface area (Å²) in [6.45, 7) is 11.9. The largest absolute Gasteiger partial charge is 0.378 e. The Morgan fingerprint density at radius 3 is 2.21 bits per heavy atom. The van der Waals surface area contributed by atoms with Gasteiger partial charge in [0.25, 0.3) is 0 Å². The monoisotopic (exact) mass is 218 g/mol. The molecule has 14 heavy (non-hydrogen) atoms. The first kappa shape index (κ1) is 14.3. The van der Waals surface area contributed by atoms with Crippen LogP contribution in [0.5, 0.6) is 0 Å². The van der Waals surface area contributed by atoms with Crippen LogP contribution in [0.2, 0.25) is 0 Å². The summed E-state index contributed by atoms with van der Waals surface area (Å²) in [5, 5.41) is 0. The van der Waals surface area contributed by atoms with E-state index in [2.05, 4.69) is 47.2 Å². The summed E-state index contributed by atoms with van der Waals surface area (Å²) < 4.78 is 5.81. The van der Waals surface area contributed by atoms with E-state index < -0.39 is 0 Å². The third-order valence-electron chi connectivity index (χ3n) is 2.72. The van der Waals surface area contributed by atoms with Gasteiger partial charge in [0, 0.05) is 0 Å². The number of ether oxygens (including phenoxy) is 1. The molecule has 0 aromatic carbocycles. The van der Waals surface area contributed by atoms with Crippen molar-refractivity contribution in [3.8, 4) is 0 Å². The van der Waals surface area contributed by atoms with E-state index in [9.17, 15) is 0 Å². The zero-order chi connectivity index (χ0) is 11.2. The quantitative estimate of drug-likeness (QED) is 0.667. The average Bonchev–Trinajstić information content (AvgIpc) is 2.03. The van der Waals surface area contributed by atoms with Crippen LogP contribution in [-0.2, 0) is 4.74 Å². The lowest BCUT2D eigenvalue weighted by molar-refractivity contribution is 0.0143. The van der Waals surface area contributed by atoms with Gasteiger partial charge >= 0.3 is 0 Å². The van der Waals surface area contributed by atoms with E-state index in [0.717, 1.165) is 18.8 Å². The Morgan fingerprint density at radius 2 is 1.86 bits per heavy atom. The Balaban J connectivity index is 3.84. The molecule has 0 amide bonds. The first-order valence-corrected chi connectivity index (χ1v) is 6.27. The van der Waals surface area contributed by atoms with Gasteiger partial charge in [-0.05, 0) is 30.4 Å². The highest BCUT2D eigenvalue weighted by Crippen LogP contribution is 2.27. The van der Waals surface area contributed by atoms with E-state index in [1.165, 1.54) is 6.42 Å². The second-order valence-electron chi connectivity index (χ2n) is 5.18. The highest BCUT2D eigenvalue weighted by atomic mass is 32.1. The molecule has 0 rings (SSSR count). The molecule has 2 unspecified atom stereocenters. The third kappa shape index (κ3) is 5.92. The van der Waals surface area contributed by atoms with Crippen LogP contribution in [0.25, 0.3) is 0 Å². The molecule has 0 aliphatic heterocycles. The smallest absolute Gasteiger partial charge is 0.0547 e. The molecule has 0 saturated carbocycles. The van der Waals surface area contributed by atoms with Crippen molar-refractivity contribution in [2.24, 2.45) is 11.3 Å². The molecule has 0 N–H and O–H groups in total. The minimum atomic E-state index is 0.299. The first-order chi connectivity index (χ1) is 6.41. The third-order valence-corrected chi connectivity index (χ3v) is 3.16. The molecule has 0 bridgehead atoms. The standard InChI is InChI=1S/C12H26OS/c1-6-7-10(2)13-8-11(9-14)12(3,4)5/h10-11,14H,6-9H2,1-5H3. The summed E-state index contributed by atoms with van der Waals surface area (Å²) in [4.78, 5) is 0. The van der Waals surface area contributed by atoms with Crippen molar-refractivity contribution in [2.45, 2.75) is 53.6 Å². The molecule has 0 radical (unpaired) electrons. The molecule has 0 aromatic heterocycles. The summed E-state index contributed by atoms with van der Waals surface area (Å²) >= 11 is 4.38. The lowest BCUT2D eigenvalue weighted by atomic mass is 9.82. The van der Waals surface area contributed by atoms with Crippen LogP contribution in [-0.4, -0.2) is 18.5 Å². The summed E-state index contributed by atoms with van der Waals surface area (Å²) in [6, 6.07) is 0. The van der Waals surface area contributed by atoms with Crippen LogP contribution in [0.15, 0.2) is 0 Å². The number of thiol groups is 1. The molecule has 1 nitrogen and oxygen atoms in total. The molecule has 0 spiro atoms. The van der Waals surface area contributed by atoms with Gasteiger partial charge in [-0.1, -0.05) is 34.1 Å². The highest BCUT2D eigenvalue weighted by molar-refractivity contribution is 7.80. The van der Waals surface area contributed by atoms with Gasteiger partial charge < -0.3 is 4.74 Å². The Hall–Kier alpha value is 0.310. The Bertz CT molecular complexity index is 140. The molecule has 86 valence electrons. The second-order valence-corrected chi connectivity index (χ2v) is 5.54. The SMILES string of the molecule is CCCC(C)OCC(CS)C(C)(C)C. The summed E-state index contributed by atoms with van der Waals surface area (Å²) in [5.74, 6) is 1.45. The van der Waals surface area contributed by atoms with Crippen LogP contribution >= 0.6 is 12.6 Å². The van der Waals surface area contributed by atoms with Gasteiger partial charge in [-0.25, -0.2) is 0 Å². The van der Waals surface area contributed by atoms with Crippen LogP contribution < -0.4 is 0 Å². The van der Waals surface area contributed by atoms with Crippen LogP contribution in [0.1, 0.15) is 47.5 Å². The number of rotatable bonds is 6. The predicted octanol–water partition coefficient (Wildman–Crippen LogP) is 3.78. The van der Waals surface area contributed by atoms with Crippen molar-refractivity contribution >= 4 is 12.6 Å². The van der Waals surface area contributed by atoms with E-state index in [4.69, 9.17) is 4.74 Å². The van der Waals surface area contributed by atoms with E-state index in [-0.39, 0.29) is 0 Å². The molecule has 0 saturated heterocycles. The van der Waals surface area contributed by atoms with Gasteiger partial charge in [-0.2, -0.15) is 12.6 Å². The normalized spacial score (nSPS) is 16.7. The molecule has 0 fully saturated rings. The predicted molar refractivity (Wildman–Crippen MR) is 67.1 cm³/mol. The number of hydrogen-bond acceptors (Lipinski definition) is 2. The summed E-state index contributed by atoms with van der Waals surface area (Å²) in [5.41, 5.74) is 0.299. The minimum absolute atomic E-state index is 0.299. The summed E-state index contributed by atoms with van der Waals surface area (Å²) in [7, 11) is 0. The highest BCUT2D eigenvalue weighted by Gasteiger charge is 2.23. The molecule has 0 aliphatic rings. The van der Waals surface area contributed by atoms with Gasteiger partial charge in [0.05, 0.1) is 12.7 Å². The van der Waals surface area contributed by atoms with Gasteiger partial charge in [0.2, 0.25) is 0 Å². The lowest BCUT2D eigenvalue weighted by Crippen LogP contribution is -2.28. The van der Waals surface area contributed by atoms with E-state index >= 15 is 0 Å². The topological polar surface area (TPSA) is 9.23 Å². The Labute approximate surface area is 95.0 Å². The van der Waals surface area contributed by atoms with Crippen LogP contribution in [0.4, 0.5) is 0 Å². The van der Waals surface area contributed by atoms with E-state index in [1.54, 1.807) is 0 Å². The van der Waals surface area contributed by atoms with Crippen molar-refractivity contribution in [3.63, 3.8) is 0 Å². The molecule has 0 heterocycles. The molecular formula is C12H26OS. The van der Waals surface area contributed by atoms with E-state index in [0.29, 0.717) is 17.4 Å². The lowest BCUT2D eigenvalue weighted by Gasteiger charge is -2.30. The van der Waals surface area contributed by atoms with Crippen LogP contribution in [0, 0.1) is 11.3 Å². The van der Waals surface area contributed by atoms with E-state index in [1.807, 2.05) is 0 Å². The fourth-order valence-electron chi connectivity index (χ4n) is 1.35. The molecule has 2 atom stereocenters. The maximum Gasteiger partial charge on any atom is 0.0547 e. The maximum absolute atomic E-state index is 5.81. The van der Waals surface area contributed by atoms with Gasteiger partial charge in [0.15, 0.2) is 0 Å². The average molecular weight is 218 g/mol. The minimum Gasteiger partial charge on any atom is -0.378 e. The molecular weight excluding hydrogens is 192 g/mol.